The van der Waals surface area contributed by atoms with Crippen LogP contribution < -0.4 is 20.3 Å². The van der Waals surface area contributed by atoms with Gasteiger partial charge in [0.25, 0.3) is 0 Å². The summed E-state index contributed by atoms with van der Waals surface area (Å²) in [6.45, 7) is 5.51. The highest BCUT2D eigenvalue weighted by molar-refractivity contribution is 5.51. The molecule has 0 amide bonds. The summed E-state index contributed by atoms with van der Waals surface area (Å²) >= 11 is 0. The van der Waals surface area contributed by atoms with Gasteiger partial charge in [-0.3, -0.25) is 0 Å². The van der Waals surface area contributed by atoms with Crippen LogP contribution in [-0.2, 0) is 23.9 Å². The lowest BCUT2D eigenvalue weighted by atomic mass is 10.0. The smallest absolute Gasteiger partial charge is 0.423 e. The van der Waals surface area contributed by atoms with Crippen LogP contribution in [0.15, 0.2) is 6.20 Å². The van der Waals surface area contributed by atoms with Crippen LogP contribution in [0.25, 0.3) is 0 Å². The molecule has 33 heavy (non-hydrogen) atoms. The lowest BCUT2D eigenvalue weighted by molar-refractivity contribution is -0.142. The molecule has 3 aliphatic heterocycles. The molecule has 2 aromatic rings. The molecule has 0 aromatic carbocycles. The van der Waals surface area contributed by atoms with Gasteiger partial charge < -0.3 is 25.0 Å². The highest BCUT2D eigenvalue weighted by Crippen LogP contribution is 2.36. The van der Waals surface area contributed by atoms with Crippen molar-refractivity contribution in [3.63, 3.8) is 0 Å². The third kappa shape index (κ3) is 4.81. The van der Waals surface area contributed by atoms with E-state index in [0.717, 1.165) is 62.4 Å². The van der Waals surface area contributed by atoms with Gasteiger partial charge in [-0.25, -0.2) is 15.0 Å². The fraction of sp³-hybridized carbons (Fsp3) is 0.619. The monoisotopic (exact) mass is 465 g/mol. The zero-order chi connectivity index (χ0) is 23.0. The van der Waals surface area contributed by atoms with Gasteiger partial charge in [0, 0.05) is 37.4 Å². The summed E-state index contributed by atoms with van der Waals surface area (Å²) < 4.78 is 50.6. The number of rotatable bonds is 5. The summed E-state index contributed by atoms with van der Waals surface area (Å²) in [5, 5.41) is 6.55. The highest BCUT2D eigenvalue weighted by atomic mass is 19.4. The molecule has 12 heteroatoms. The van der Waals surface area contributed by atoms with Gasteiger partial charge >= 0.3 is 6.18 Å². The lowest BCUT2D eigenvalue weighted by Crippen LogP contribution is -2.44. The van der Waals surface area contributed by atoms with Crippen LogP contribution in [-0.4, -0.2) is 64.9 Å². The average Bonchev–Trinajstić information content (AvgIpc) is 2.75. The number of piperidine rings is 1. The van der Waals surface area contributed by atoms with Crippen LogP contribution in [0.5, 0.6) is 5.88 Å². The van der Waals surface area contributed by atoms with E-state index < -0.39 is 23.7 Å². The molecule has 2 saturated heterocycles. The molecule has 3 aliphatic rings. The van der Waals surface area contributed by atoms with Crippen LogP contribution in [0.1, 0.15) is 35.5 Å². The van der Waals surface area contributed by atoms with Gasteiger partial charge in [0.15, 0.2) is 0 Å². The Morgan fingerprint density at radius 1 is 1.24 bits per heavy atom. The number of ether oxygens (including phenoxy) is 2. The van der Waals surface area contributed by atoms with Crippen LogP contribution in [0, 0.1) is 6.92 Å². The van der Waals surface area contributed by atoms with Crippen LogP contribution in [0.4, 0.5) is 24.9 Å². The maximum absolute atomic E-state index is 13.4. The summed E-state index contributed by atoms with van der Waals surface area (Å²) in [5.74, 6) is 1.34. The molecule has 1 atom stereocenters. The Hall–Kier alpha value is -2.73. The Balaban J connectivity index is 1.34. The Labute approximate surface area is 189 Å². The van der Waals surface area contributed by atoms with E-state index in [1.54, 1.807) is 0 Å². The fourth-order valence-electron chi connectivity index (χ4n) is 4.35. The minimum absolute atomic E-state index is 0.0389. The molecule has 0 unspecified atom stereocenters. The first-order valence-electron chi connectivity index (χ1n) is 11.1. The Morgan fingerprint density at radius 3 is 2.85 bits per heavy atom. The van der Waals surface area contributed by atoms with E-state index in [-0.39, 0.29) is 25.2 Å². The normalized spacial score (nSPS) is 21.3. The van der Waals surface area contributed by atoms with E-state index in [0.29, 0.717) is 6.54 Å². The van der Waals surface area contributed by atoms with Crippen molar-refractivity contribution in [1.29, 1.82) is 0 Å². The molecule has 5 rings (SSSR count). The van der Waals surface area contributed by atoms with Gasteiger partial charge in [-0.15, -0.1) is 0 Å². The molecule has 0 aliphatic carbocycles. The molecule has 2 N–H and O–H groups in total. The SMILES string of the molecule is Cc1nc2c(c(N3CCC[C@@H](Nc4ncc(C(F)(F)F)c(OC5COC5)n4)C3)n1)CCNC2. The van der Waals surface area contributed by atoms with Crippen LogP contribution in [0.2, 0.25) is 0 Å². The number of aromatic nitrogens is 4. The van der Waals surface area contributed by atoms with E-state index in [9.17, 15) is 13.2 Å². The number of nitrogens with one attached hydrogen (secondary N) is 2. The van der Waals surface area contributed by atoms with Crippen LogP contribution >= 0.6 is 0 Å². The van der Waals surface area contributed by atoms with E-state index >= 15 is 0 Å². The number of alkyl halides is 3. The second-order valence-corrected chi connectivity index (χ2v) is 8.56. The van der Waals surface area contributed by atoms with Crippen molar-refractivity contribution < 1.29 is 22.6 Å². The zero-order valence-corrected chi connectivity index (χ0v) is 18.3. The number of halogens is 3. The third-order valence-corrected chi connectivity index (χ3v) is 6.03. The maximum Gasteiger partial charge on any atom is 0.423 e. The highest BCUT2D eigenvalue weighted by Gasteiger charge is 2.38. The van der Waals surface area contributed by atoms with Gasteiger partial charge in [-0.1, -0.05) is 0 Å². The summed E-state index contributed by atoms with van der Waals surface area (Å²) in [6.07, 6.45) is -1.62. The van der Waals surface area contributed by atoms with Crippen molar-refractivity contribution in [2.45, 2.75) is 51.1 Å². The van der Waals surface area contributed by atoms with Crippen molar-refractivity contribution in [2.75, 3.05) is 43.1 Å². The minimum atomic E-state index is -4.60. The van der Waals surface area contributed by atoms with E-state index in [2.05, 4.69) is 30.5 Å². The lowest BCUT2D eigenvalue weighted by Gasteiger charge is -2.36. The van der Waals surface area contributed by atoms with Gasteiger partial charge in [-0.2, -0.15) is 18.2 Å². The average molecular weight is 465 g/mol. The van der Waals surface area contributed by atoms with Crippen molar-refractivity contribution in [2.24, 2.45) is 0 Å². The molecular weight excluding hydrogens is 439 g/mol. The van der Waals surface area contributed by atoms with E-state index in [1.165, 1.54) is 5.56 Å². The molecule has 5 heterocycles. The Kier molecular flexibility index (Phi) is 5.95. The van der Waals surface area contributed by atoms with Crippen molar-refractivity contribution in [3.05, 3.63) is 28.8 Å². The first-order chi connectivity index (χ1) is 15.9. The van der Waals surface area contributed by atoms with Crippen molar-refractivity contribution in [3.8, 4) is 5.88 Å². The summed E-state index contributed by atoms with van der Waals surface area (Å²) in [5.41, 5.74) is 1.22. The van der Waals surface area contributed by atoms with Crippen LogP contribution in [0.3, 0.4) is 0 Å². The standard InChI is InChI=1S/C21H26F3N7O2/c1-12-27-17-8-25-5-4-15(17)18(28-12)31-6-2-3-13(9-31)29-20-26-7-16(21(22,23)24)19(30-20)33-14-10-32-11-14/h7,13-14,25H,2-6,8-11H2,1H3,(H,26,29,30)/t13-/m1/s1. The molecule has 0 radical (unpaired) electrons. The molecule has 2 aromatic heterocycles. The molecule has 0 bridgehead atoms. The quantitative estimate of drug-likeness (QED) is 0.688. The second kappa shape index (κ2) is 8.90. The third-order valence-electron chi connectivity index (χ3n) is 6.03. The number of nitrogens with zero attached hydrogens (tertiary/aromatic N) is 5. The van der Waals surface area contributed by atoms with E-state index in [4.69, 9.17) is 14.5 Å². The van der Waals surface area contributed by atoms with Crippen molar-refractivity contribution >= 4 is 11.8 Å². The zero-order valence-electron chi connectivity index (χ0n) is 18.3. The predicted molar refractivity (Wildman–Crippen MR) is 113 cm³/mol. The molecular formula is C21H26F3N7O2. The largest absolute Gasteiger partial charge is 0.469 e. The van der Waals surface area contributed by atoms with Gasteiger partial charge in [0.05, 0.1) is 18.9 Å². The van der Waals surface area contributed by atoms with Gasteiger partial charge in [-0.05, 0) is 32.7 Å². The topological polar surface area (TPSA) is 97.3 Å². The number of fused-ring (bicyclic) bond motifs is 1. The van der Waals surface area contributed by atoms with Gasteiger partial charge in [0.1, 0.15) is 23.3 Å². The molecule has 178 valence electrons. The van der Waals surface area contributed by atoms with Crippen molar-refractivity contribution in [1.82, 2.24) is 25.3 Å². The predicted octanol–water partition coefficient (Wildman–Crippen LogP) is 2.10. The Morgan fingerprint density at radius 2 is 2.09 bits per heavy atom. The second-order valence-electron chi connectivity index (χ2n) is 8.56. The Bertz CT molecular complexity index is 1020. The number of aryl methyl sites for hydroxylation is 1. The molecule has 0 spiro atoms. The summed E-state index contributed by atoms with van der Waals surface area (Å²) in [4.78, 5) is 19.5. The minimum Gasteiger partial charge on any atom is -0.469 e. The number of anilines is 2. The van der Waals surface area contributed by atoms with E-state index in [1.807, 2.05) is 6.92 Å². The first kappa shape index (κ1) is 22.1. The first-order valence-corrected chi connectivity index (χ1v) is 11.1. The summed E-state index contributed by atoms with van der Waals surface area (Å²) in [7, 11) is 0. The molecule has 2 fully saturated rings. The number of hydrogen-bond acceptors (Lipinski definition) is 9. The maximum atomic E-state index is 13.4. The molecule has 0 saturated carbocycles. The number of hydrogen-bond donors (Lipinski definition) is 2. The fourth-order valence-corrected chi connectivity index (χ4v) is 4.35. The van der Waals surface area contributed by atoms with Gasteiger partial charge in [0.2, 0.25) is 11.8 Å². The summed E-state index contributed by atoms with van der Waals surface area (Å²) in [6, 6.07) is -0.0389. The molecule has 9 nitrogen and oxygen atoms in total.